The zero-order chi connectivity index (χ0) is 15.2. The van der Waals surface area contributed by atoms with Crippen LogP contribution in [-0.2, 0) is 4.74 Å². The van der Waals surface area contributed by atoms with Crippen LogP contribution in [0.25, 0.3) is 0 Å². The van der Waals surface area contributed by atoms with Crippen molar-refractivity contribution in [3.8, 4) is 11.5 Å². The molecule has 2 aromatic rings. The maximum Gasteiger partial charge on any atom is 0.338 e. The molecular formula is C16H14O5. The molecule has 0 saturated carbocycles. The van der Waals surface area contributed by atoms with Crippen LogP contribution in [0.15, 0.2) is 48.5 Å². The fourth-order valence-corrected chi connectivity index (χ4v) is 1.67. The van der Waals surface area contributed by atoms with Gasteiger partial charge in [-0.1, -0.05) is 0 Å². The average Bonchev–Trinajstić information content (AvgIpc) is 2.53. The number of methoxy groups -OCH3 is 1. The molecule has 0 amide bonds. The van der Waals surface area contributed by atoms with Gasteiger partial charge in [0.15, 0.2) is 12.4 Å². The van der Waals surface area contributed by atoms with Gasteiger partial charge >= 0.3 is 5.97 Å². The summed E-state index contributed by atoms with van der Waals surface area (Å²) in [6, 6.07) is 12.1. The van der Waals surface area contributed by atoms with E-state index < -0.39 is 5.97 Å². The second-order valence-electron chi connectivity index (χ2n) is 4.27. The van der Waals surface area contributed by atoms with Crippen LogP contribution in [0.4, 0.5) is 0 Å². The molecule has 0 saturated heterocycles. The van der Waals surface area contributed by atoms with Crippen LogP contribution in [-0.4, -0.2) is 30.6 Å². The molecule has 0 unspecified atom stereocenters. The van der Waals surface area contributed by atoms with E-state index in [4.69, 9.17) is 14.6 Å². The summed E-state index contributed by atoms with van der Waals surface area (Å²) in [5.41, 5.74) is 0.713. The number of phenolic OH excluding ortho intramolecular Hbond substituents is 1. The van der Waals surface area contributed by atoms with E-state index >= 15 is 0 Å². The third kappa shape index (κ3) is 3.82. The third-order valence-corrected chi connectivity index (χ3v) is 2.85. The summed E-state index contributed by atoms with van der Waals surface area (Å²) in [5.74, 6) is -0.213. The Kier molecular flexibility index (Phi) is 4.56. The Morgan fingerprint density at radius 3 is 2.10 bits per heavy atom. The smallest absolute Gasteiger partial charge is 0.338 e. The molecule has 2 aromatic carbocycles. The first kappa shape index (κ1) is 14.6. The number of rotatable bonds is 5. The Hall–Kier alpha value is -2.82. The number of esters is 1. The number of hydrogen-bond donors (Lipinski definition) is 1. The minimum atomic E-state index is -0.579. The lowest BCUT2D eigenvalue weighted by Crippen LogP contribution is -2.14. The number of Topliss-reactive ketones (excluding diaryl/α,β-unsaturated/α-hetero) is 1. The normalized spacial score (nSPS) is 9.95. The molecule has 0 aliphatic rings. The first-order valence-electron chi connectivity index (χ1n) is 6.23. The number of carbonyl (C=O) groups is 2. The van der Waals surface area contributed by atoms with Crippen LogP contribution in [0, 0.1) is 0 Å². The monoisotopic (exact) mass is 286 g/mol. The van der Waals surface area contributed by atoms with Crippen molar-refractivity contribution in [3.63, 3.8) is 0 Å². The van der Waals surface area contributed by atoms with E-state index in [2.05, 4.69) is 0 Å². The summed E-state index contributed by atoms with van der Waals surface area (Å²) in [5, 5.41) is 9.14. The number of phenols is 1. The van der Waals surface area contributed by atoms with Gasteiger partial charge in [0.1, 0.15) is 11.5 Å². The molecule has 5 heteroatoms. The standard InChI is InChI=1S/C16H14O5/c1-20-14-8-4-12(5-9-14)16(19)21-10-15(18)11-2-6-13(17)7-3-11/h2-9,17H,10H2,1H3. The van der Waals surface area contributed by atoms with Crippen molar-refractivity contribution in [1.82, 2.24) is 0 Å². The SMILES string of the molecule is COc1ccc(C(=O)OCC(=O)c2ccc(O)cc2)cc1. The number of benzene rings is 2. The molecule has 0 aliphatic heterocycles. The molecule has 0 aliphatic carbocycles. The second kappa shape index (κ2) is 6.56. The Labute approximate surface area is 121 Å². The highest BCUT2D eigenvalue weighted by Crippen LogP contribution is 2.13. The van der Waals surface area contributed by atoms with Gasteiger partial charge in [-0.25, -0.2) is 4.79 Å². The predicted molar refractivity (Wildman–Crippen MR) is 75.7 cm³/mol. The summed E-state index contributed by atoms with van der Waals surface area (Å²) in [6.45, 7) is -0.352. The molecule has 0 heterocycles. The minimum absolute atomic E-state index is 0.0711. The molecule has 2 rings (SSSR count). The van der Waals surface area contributed by atoms with Gasteiger partial charge in [-0.05, 0) is 48.5 Å². The van der Waals surface area contributed by atoms with E-state index in [1.807, 2.05) is 0 Å². The van der Waals surface area contributed by atoms with Crippen LogP contribution in [0.1, 0.15) is 20.7 Å². The van der Waals surface area contributed by atoms with Gasteiger partial charge in [-0.15, -0.1) is 0 Å². The lowest BCUT2D eigenvalue weighted by atomic mass is 10.1. The Bertz CT molecular complexity index is 629. The number of ether oxygens (including phenoxy) is 2. The van der Waals surface area contributed by atoms with Crippen LogP contribution in [0.3, 0.4) is 0 Å². The van der Waals surface area contributed by atoms with Crippen molar-refractivity contribution in [1.29, 1.82) is 0 Å². The average molecular weight is 286 g/mol. The van der Waals surface area contributed by atoms with Gasteiger partial charge in [0.05, 0.1) is 12.7 Å². The van der Waals surface area contributed by atoms with Gasteiger partial charge in [-0.2, -0.15) is 0 Å². The largest absolute Gasteiger partial charge is 0.508 e. The van der Waals surface area contributed by atoms with Crippen molar-refractivity contribution >= 4 is 11.8 Å². The number of aromatic hydroxyl groups is 1. The Morgan fingerprint density at radius 1 is 0.952 bits per heavy atom. The van der Waals surface area contributed by atoms with Gasteiger partial charge < -0.3 is 14.6 Å². The molecule has 0 atom stereocenters. The van der Waals surface area contributed by atoms with Crippen LogP contribution in [0.2, 0.25) is 0 Å². The highest BCUT2D eigenvalue weighted by Gasteiger charge is 2.11. The van der Waals surface area contributed by atoms with E-state index in [0.29, 0.717) is 16.9 Å². The lowest BCUT2D eigenvalue weighted by Gasteiger charge is -2.05. The van der Waals surface area contributed by atoms with E-state index in [9.17, 15) is 9.59 Å². The summed E-state index contributed by atoms with van der Waals surface area (Å²) in [7, 11) is 1.53. The summed E-state index contributed by atoms with van der Waals surface area (Å²) in [4.78, 5) is 23.6. The fraction of sp³-hybridized carbons (Fsp3) is 0.125. The van der Waals surface area contributed by atoms with E-state index in [-0.39, 0.29) is 18.1 Å². The van der Waals surface area contributed by atoms with Crippen molar-refractivity contribution in [3.05, 3.63) is 59.7 Å². The number of hydrogen-bond acceptors (Lipinski definition) is 5. The quantitative estimate of drug-likeness (QED) is 0.675. The highest BCUT2D eigenvalue weighted by molar-refractivity contribution is 5.99. The highest BCUT2D eigenvalue weighted by atomic mass is 16.5. The molecule has 0 fully saturated rings. The maximum atomic E-state index is 11.8. The van der Waals surface area contributed by atoms with Crippen molar-refractivity contribution in [2.75, 3.05) is 13.7 Å². The Balaban J connectivity index is 1.93. The lowest BCUT2D eigenvalue weighted by molar-refractivity contribution is 0.0474. The summed E-state index contributed by atoms with van der Waals surface area (Å²) >= 11 is 0. The first-order chi connectivity index (χ1) is 10.1. The fourth-order valence-electron chi connectivity index (χ4n) is 1.67. The minimum Gasteiger partial charge on any atom is -0.508 e. The van der Waals surface area contributed by atoms with Crippen LogP contribution >= 0.6 is 0 Å². The first-order valence-corrected chi connectivity index (χ1v) is 6.23. The molecule has 5 nitrogen and oxygen atoms in total. The van der Waals surface area contributed by atoms with Crippen molar-refractivity contribution < 1.29 is 24.2 Å². The third-order valence-electron chi connectivity index (χ3n) is 2.85. The van der Waals surface area contributed by atoms with Crippen LogP contribution < -0.4 is 4.74 Å². The molecule has 21 heavy (non-hydrogen) atoms. The van der Waals surface area contributed by atoms with E-state index in [1.165, 1.54) is 31.4 Å². The molecule has 1 N–H and O–H groups in total. The summed E-state index contributed by atoms with van der Waals surface area (Å²) < 4.78 is 9.94. The van der Waals surface area contributed by atoms with E-state index in [1.54, 1.807) is 24.3 Å². The van der Waals surface area contributed by atoms with Gasteiger partial charge in [0.25, 0.3) is 0 Å². The zero-order valence-corrected chi connectivity index (χ0v) is 11.4. The molecule has 0 bridgehead atoms. The summed E-state index contributed by atoms with van der Waals surface area (Å²) in [6.07, 6.45) is 0. The zero-order valence-electron chi connectivity index (χ0n) is 11.4. The number of ketones is 1. The van der Waals surface area contributed by atoms with Crippen LogP contribution in [0.5, 0.6) is 11.5 Å². The predicted octanol–water partition coefficient (Wildman–Crippen LogP) is 2.44. The molecule has 108 valence electrons. The molecule has 0 aromatic heterocycles. The van der Waals surface area contributed by atoms with Gasteiger partial charge in [0.2, 0.25) is 0 Å². The number of carbonyl (C=O) groups excluding carboxylic acids is 2. The topological polar surface area (TPSA) is 72.8 Å². The van der Waals surface area contributed by atoms with Gasteiger partial charge in [0, 0.05) is 5.56 Å². The van der Waals surface area contributed by atoms with Gasteiger partial charge in [-0.3, -0.25) is 4.79 Å². The van der Waals surface area contributed by atoms with Crippen molar-refractivity contribution in [2.24, 2.45) is 0 Å². The molecule has 0 spiro atoms. The molecular weight excluding hydrogens is 272 g/mol. The maximum absolute atomic E-state index is 11.8. The molecule has 0 radical (unpaired) electrons. The van der Waals surface area contributed by atoms with Crippen molar-refractivity contribution in [2.45, 2.75) is 0 Å². The Morgan fingerprint density at radius 2 is 1.52 bits per heavy atom. The second-order valence-corrected chi connectivity index (χ2v) is 4.27. The van der Waals surface area contributed by atoms with E-state index in [0.717, 1.165) is 0 Å².